The number of para-hydroxylation sites is 1. The molecule has 4 aromatic rings. The standard InChI is InChI=1S/C26H27F3N6OS/c1-16-5-2-3-13-35(16)14-12-31-25-32-19(17-8-10-18(11-9-17)26(27,28)29)15-22(33-25)36-20-6-4-7-21-23(20)34-24(30)37-21/h4,6-11,15-16H,2-3,5,12-14H2,1H3,(H2,30,34)(H,31,32,33)/t16-/m0/s1. The number of anilines is 2. The topological polar surface area (TPSA) is 89.2 Å². The lowest BCUT2D eigenvalue weighted by Crippen LogP contribution is -2.40. The van der Waals surface area contributed by atoms with E-state index in [-0.39, 0.29) is 5.88 Å². The largest absolute Gasteiger partial charge is 0.437 e. The van der Waals surface area contributed by atoms with Crippen molar-refractivity contribution in [1.29, 1.82) is 0 Å². The minimum atomic E-state index is -4.41. The van der Waals surface area contributed by atoms with Gasteiger partial charge < -0.3 is 15.8 Å². The highest BCUT2D eigenvalue weighted by molar-refractivity contribution is 7.22. The molecule has 0 unspecified atom stereocenters. The molecular weight excluding hydrogens is 501 g/mol. The summed E-state index contributed by atoms with van der Waals surface area (Å²) in [4.78, 5) is 15.9. The number of benzene rings is 2. The van der Waals surface area contributed by atoms with Crippen molar-refractivity contribution in [2.24, 2.45) is 0 Å². The van der Waals surface area contributed by atoms with Crippen LogP contribution in [0, 0.1) is 0 Å². The van der Waals surface area contributed by atoms with E-state index in [1.165, 1.54) is 42.7 Å². The minimum Gasteiger partial charge on any atom is -0.437 e. The third-order valence-corrected chi connectivity index (χ3v) is 7.30. The van der Waals surface area contributed by atoms with Crippen LogP contribution in [-0.2, 0) is 6.18 Å². The predicted octanol–water partition coefficient (Wildman–Crippen LogP) is 6.43. The summed E-state index contributed by atoms with van der Waals surface area (Å²) < 4.78 is 46.2. The first kappa shape index (κ1) is 25.2. The fourth-order valence-electron chi connectivity index (χ4n) is 4.47. The second kappa shape index (κ2) is 10.5. The number of fused-ring (bicyclic) bond motifs is 1. The number of hydrogen-bond acceptors (Lipinski definition) is 8. The summed E-state index contributed by atoms with van der Waals surface area (Å²) in [5, 5.41) is 3.69. The number of hydrogen-bond donors (Lipinski definition) is 2. The Hall–Kier alpha value is -3.44. The van der Waals surface area contributed by atoms with Gasteiger partial charge in [-0.15, -0.1) is 0 Å². The van der Waals surface area contributed by atoms with Crippen LogP contribution >= 0.6 is 11.3 Å². The molecule has 11 heteroatoms. The van der Waals surface area contributed by atoms with Gasteiger partial charge in [0.2, 0.25) is 11.8 Å². The maximum Gasteiger partial charge on any atom is 0.416 e. The molecule has 1 atom stereocenters. The van der Waals surface area contributed by atoms with Crippen LogP contribution in [0.1, 0.15) is 31.7 Å². The van der Waals surface area contributed by atoms with Crippen LogP contribution in [0.2, 0.25) is 0 Å². The van der Waals surface area contributed by atoms with E-state index in [1.807, 2.05) is 12.1 Å². The molecule has 0 radical (unpaired) electrons. The smallest absolute Gasteiger partial charge is 0.416 e. The molecule has 3 heterocycles. The first-order chi connectivity index (χ1) is 17.8. The Balaban J connectivity index is 1.43. The summed E-state index contributed by atoms with van der Waals surface area (Å²) >= 11 is 1.35. The molecule has 0 saturated carbocycles. The SMILES string of the molecule is C[C@H]1CCCCN1CCNc1nc(Oc2cccc3sc(N)nc23)cc(-c2ccc(C(F)(F)F)cc2)n1. The number of nitrogen functional groups attached to an aromatic ring is 1. The molecule has 2 aromatic heterocycles. The first-order valence-corrected chi connectivity index (χ1v) is 13.0. The molecule has 194 valence electrons. The molecular formula is C26H27F3N6OS. The summed E-state index contributed by atoms with van der Waals surface area (Å²) in [6.07, 6.45) is -0.786. The van der Waals surface area contributed by atoms with Gasteiger partial charge in [0.05, 0.1) is 16.0 Å². The number of halogens is 3. The second-order valence-electron chi connectivity index (χ2n) is 9.05. The van der Waals surface area contributed by atoms with Crippen LogP contribution in [0.15, 0.2) is 48.5 Å². The zero-order chi connectivity index (χ0) is 26.0. The molecule has 0 aliphatic carbocycles. The van der Waals surface area contributed by atoms with E-state index < -0.39 is 11.7 Å². The Bertz CT molecular complexity index is 1380. The Kier molecular flexibility index (Phi) is 7.16. The molecule has 37 heavy (non-hydrogen) atoms. The number of likely N-dealkylation sites (tertiary alicyclic amines) is 1. The summed E-state index contributed by atoms with van der Waals surface area (Å²) in [5.41, 5.74) is 6.74. The number of nitrogens with two attached hydrogens (primary N) is 1. The van der Waals surface area contributed by atoms with Gasteiger partial charge in [0, 0.05) is 30.8 Å². The lowest BCUT2D eigenvalue weighted by Gasteiger charge is -2.33. The molecule has 0 bridgehead atoms. The summed E-state index contributed by atoms with van der Waals surface area (Å²) in [6.45, 7) is 4.75. The highest BCUT2D eigenvalue weighted by atomic mass is 32.1. The van der Waals surface area contributed by atoms with Crippen molar-refractivity contribution >= 4 is 32.6 Å². The summed E-state index contributed by atoms with van der Waals surface area (Å²) in [5.74, 6) is 1.07. The fourth-order valence-corrected chi connectivity index (χ4v) is 5.22. The number of rotatable bonds is 7. The Morgan fingerprint density at radius 1 is 1.11 bits per heavy atom. The van der Waals surface area contributed by atoms with Gasteiger partial charge in [-0.05, 0) is 50.6 Å². The van der Waals surface area contributed by atoms with E-state index in [1.54, 1.807) is 12.1 Å². The van der Waals surface area contributed by atoms with E-state index >= 15 is 0 Å². The zero-order valence-electron chi connectivity index (χ0n) is 20.3. The molecule has 1 aliphatic heterocycles. The average Bonchev–Trinajstić information content (AvgIpc) is 3.26. The van der Waals surface area contributed by atoms with E-state index in [0.29, 0.717) is 46.2 Å². The number of nitrogens with one attached hydrogen (secondary N) is 1. The van der Waals surface area contributed by atoms with Crippen molar-refractivity contribution in [2.45, 2.75) is 38.4 Å². The normalized spacial score (nSPS) is 16.7. The molecule has 0 amide bonds. The number of nitrogens with zero attached hydrogens (tertiary/aromatic N) is 4. The van der Waals surface area contributed by atoms with Crippen LogP contribution in [0.25, 0.3) is 21.5 Å². The number of piperidine rings is 1. The van der Waals surface area contributed by atoms with Crippen LogP contribution in [-0.4, -0.2) is 45.5 Å². The average molecular weight is 529 g/mol. The van der Waals surface area contributed by atoms with Gasteiger partial charge in [-0.25, -0.2) is 9.97 Å². The molecule has 5 rings (SSSR count). The Morgan fingerprint density at radius 3 is 2.68 bits per heavy atom. The Morgan fingerprint density at radius 2 is 1.92 bits per heavy atom. The van der Waals surface area contributed by atoms with E-state index in [9.17, 15) is 13.2 Å². The van der Waals surface area contributed by atoms with Gasteiger partial charge in [0.15, 0.2) is 10.9 Å². The summed E-state index contributed by atoms with van der Waals surface area (Å²) in [6, 6.07) is 12.5. The van der Waals surface area contributed by atoms with Crippen LogP contribution in [0.5, 0.6) is 11.6 Å². The van der Waals surface area contributed by atoms with Crippen molar-refractivity contribution in [2.75, 3.05) is 30.7 Å². The first-order valence-electron chi connectivity index (χ1n) is 12.1. The summed E-state index contributed by atoms with van der Waals surface area (Å²) in [7, 11) is 0. The second-order valence-corrected chi connectivity index (χ2v) is 10.1. The molecule has 1 fully saturated rings. The van der Waals surface area contributed by atoms with Crippen molar-refractivity contribution in [3.05, 3.63) is 54.1 Å². The zero-order valence-corrected chi connectivity index (χ0v) is 21.1. The lowest BCUT2D eigenvalue weighted by molar-refractivity contribution is -0.137. The van der Waals surface area contributed by atoms with Crippen molar-refractivity contribution in [1.82, 2.24) is 19.9 Å². The molecule has 7 nitrogen and oxygen atoms in total. The number of thiazole rings is 1. The molecule has 1 aliphatic rings. The third-order valence-electron chi connectivity index (χ3n) is 6.45. The highest BCUT2D eigenvalue weighted by Crippen LogP contribution is 2.35. The van der Waals surface area contributed by atoms with Gasteiger partial charge >= 0.3 is 6.18 Å². The van der Waals surface area contributed by atoms with Crippen LogP contribution in [0.4, 0.5) is 24.3 Å². The third kappa shape index (κ3) is 5.94. The van der Waals surface area contributed by atoms with Crippen molar-refractivity contribution < 1.29 is 17.9 Å². The van der Waals surface area contributed by atoms with Gasteiger partial charge in [-0.1, -0.05) is 36.0 Å². The minimum absolute atomic E-state index is 0.248. The van der Waals surface area contributed by atoms with Crippen LogP contribution < -0.4 is 15.8 Å². The molecule has 1 saturated heterocycles. The Labute approximate surface area is 216 Å². The number of aromatic nitrogens is 3. The van der Waals surface area contributed by atoms with Gasteiger partial charge in [0.25, 0.3) is 0 Å². The predicted molar refractivity (Wildman–Crippen MR) is 140 cm³/mol. The number of alkyl halides is 3. The van der Waals surface area contributed by atoms with E-state index in [2.05, 4.69) is 32.1 Å². The van der Waals surface area contributed by atoms with Gasteiger partial charge in [0.1, 0.15) is 5.52 Å². The number of ether oxygens (including phenoxy) is 1. The van der Waals surface area contributed by atoms with Gasteiger partial charge in [-0.3, -0.25) is 4.90 Å². The fraction of sp³-hybridized carbons (Fsp3) is 0.346. The van der Waals surface area contributed by atoms with Crippen molar-refractivity contribution in [3.8, 4) is 22.9 Å². The quantitative estimate of drug-likeness (QED) is 0.286. The monoisotopic (exact) mass is 528 g/mol. The molecule has 0 spiro atoms. The van der Waals surface area contributed by atoms with Crippen LogP contribution in [0.3, 0.4) is 0 Å². The van der Waals surface area contributed by atoms with E-state index in [4.69, 9.17) is 10.5 Å². The van der Waals surface area contributed by atoms with Gasteiger partial charge in [-0.2, -0.15) is 18.2 Å². The lowest BCUT2D eigenvalue weighted by atomic mass is 10.0. The van der Waals surface area contributed by atoms with Crippen molar-refractivity contribution in [3.63, 3.8) is 0 Å². The molecule has 2 aromatic carbocycles. The highest BCUT2D eigenvalue weighted by Gasteiger charge is 2.30. The maximum atomic E-state index is 13.1. The maximum absolute atomic E-state index is 13.1. The van der Waals surface area contributed by atoms with E-state index in [0.717, 1.165) is 29.9 Å². The molecule has 3 N–H and O–H groups in total.